The highest BCUT2D eigenvalue weighted by Gasteiger charge is 2.40. The number of piperidine rings is 1. The van der Waals surface area contributed by atoms with Crippen molar-refractivity contribution in [2.75, 3.05) is 32.7 Å². The number of allylic oxidation sites excluding steroid dienone is 4. The van der Waals surface area contributed by atoms with Gasteiger partial charge >= 0.3 is 0 Å². The molecule has 7 heteroatoms. The Morgan fingerprint density at radius 3 is 2.57 bits per heavy atom. The van der Waals surface area contributed by atoms with E-state index in [0.29, 0.717) is 17.4 Å². The largest absolute Gasteiger partial charge is 0.412 e. The topological polar surface area (TPSA) is 122 Å². The normalized spacial score (nSPS) is 27.5. The van der Waals surface area contributed by atoms with Gasteiger partial charge in [0.05, 0.1) is 0 Å². The van der Waals surface area contributed by atoms with Crippen LogP contribution in [0.4, 0.5) is 0 Å². The van der Waals surface area contributed by atoms with Crippen molar-refractivity contribution >= 4 is 11.6 Å². The molecule has 218 valence electrons. The summed E-state index contributed by atoms with van der Waals surface area (Å²) >= 11 is 6.26. The number of halogens is 1. The van der Waals surface area contributed by atoms with E-state index in [0.717, 1.165) is 42.3 Å². The number of likely N-dealkylation sites (tertiary alicyclic amines) is 1. The first-order chi connectivity index (χ1) is 15.8. The molecule has 0 spiro atoms. The Balaban J connectivity index is 0.00000324. The van der Waals surface area contributed by atoms with Crippen molar-refractivity contribution in [3.8, 4) is 0 Å². The summed E-state index contributed by atoms with van der Waals surface area (Å²) in [6.07, 6.45) is 16.9. The average molecular weight is 544 g/mol. The van der Waals surface area contributed by atoms with Crippen LogP contribution in [-0.2, 0) is 0 Å². The zero-order chi connectivity index (χ0) is 23.4. The van der Waals surface area contributed by atoms with Crippen molar-refractivity contribution in [1.82, 2.24) is 15.5 Å². The summed E-state index contributed by atoms with van der Waals surface area (Å²) in [7, 11) is 0. The molecule has 0 aromatic heterocycles. The van der Waals surface area contributed by atoms with E-state index < -0.39 is 0 Å². The second-order valence-electron chi connectivity index (χ2n) is 12.2. The Morgan fingerprint density at radius 1 is 1.16 bits per heavy atom. The first-order valence-electron chi connectivity index (χ1n) is 13.8. The van der Waals surface area contributed by atoms with Crippen LogP contribution in [-0.4, -0.2) is 60.1 Å². The van der Waals surface area contributed by atoms with Gasteiger partial charge in [-0.1, -0.05) is 58.9 Å². The predicted molar refractivity (Wildman–Crippen MR) is 160 cm³/mol. The van der Waals surface area contributed by atoms with Gasteiger partial charge in [0.1, 0.15) is 0 Å². The molecule has 8 N–H and O–H groups in total. The fourth-order valence-electron chi connectivity index (χ4n) is 7.04. The second kappa shape index (κ2) is 16.3. The molecule has 0 aromatic carbocycles. The highest BCUT2D eigenvalue weighted by atomic mass is 35.5. The van der Waals surface area contributed by atoms with Gasteiger partial charge in [-0.15, -0.1) is 0 Å². The molecule has 0 radical (unpaired) electrons. The molecule has 1 fully saturated rings. The van der Waals surface area contributed by atoms with Crippen molar-refractivity contribution in [3.05, 3.63) is 34.5 Å². The van der Waals surface area contributed by atoms with Gasteiger partial charge in [0.2, 0.25) is 0 Å². The summed E-state index contributed by atoms with van der Waals surface area (Å²) in [5.74, 6) is 3.08. The summed E-state index contributed by atoms with van der Waals surface area (Å²) in [5.41, 5.74) is 3.51. The van der Waals surface area contributed by atoms with Crippen LogP contribution >= 0.6 is 11.6 Å². The summed E-state index contributed by atoms with van der Waals surface area (Å²) < 4.78 is 0. The van der Waals surface area contributed by atoms with E-state index in [1.807, 2.05) is 0 Å². The monoisotopic (exact) mass is 543 g/mol. The first-order valence-corrected chi connectivity index (χ1v) is 14.1. The van der Waals surface area contributed by atoms with Crippen LogP contribution in [0.25, 0.3) is 0 Å². The molecule has 4 aliphatic rings. The summed E-state index contributed by atoms with van der Waals surface area (Å²) in [6, 6.07) is 0.586. The van der Waals surface area contributed by atoms with Gasteiger partial charge in [0.25, 0.3) is 0 Å². The van der Waals surface area contributed by atoms with Crippen molar-refractivity contribution in [3.63, 3.8) is 0 Å². The molecule has 2 aliphatic heterocycles. The maximum absolute atomic E-state index is 6.26. The van der Waals surface area contributed by atoms with Crippen LogP contribution in [0.3, 0.4) is 0 Å². The third-order valence-corrected chi connectivity index (χ3v) is 9.34. The first kappa shape index (κ1) is 36.1. The van der Waals surface area contributed by atoms with E-state index >= 15 is 0 Å². The fraction of sp³-hybridized carbons (Fsp3) is 0.800. The fourth-order valence-corrected chi connectivity index (χ4v) is 7.24. The van der Waals surface area contributed by atoms with Crippen LogP contribution in [0.5, 0.6) is 0 Å². The van der Waals surface area contributed by atoms with Gasteiger partial charge in [-0.2, -0.15) is 0 Å². The summed E-state index contributed by atoms with van der Waals surface area (Å²) in [6.45, 7) is 15.8. The highest BCUT2D eigenvalue weighted by molar-refractivity contribution is 6.29. The molecule has 6 nitrogen and oxygen atoms in total. The van der Waals surface area contributed by atoms with Gasteiger partial charge in [-0.25, -0.2) is 0 Å². The van der Waals surface area contributed by atoms with E-state index in [1.165, 1.54) is 70.3 Å². The number of rotatable bonds is 9. The highest BCUT2D eigenvalue weighted by Crippen LogP contribution is 2.45. The zero-order valence-electron chi connectivity index (χ0n) is 23.1. The summed E-state index contributed by atoms with van der Waals surface area (Å²) in [5, 5.41) is 8.67. The molecule has 2 heterocycles. The average Bonchev–Trinajstić information content (AvgIpc) is 3.19. The quantitative estimate of drug-likeness (QED) is 0.412. The van der Waals surface area contributed by atoms with E-state index in [9.17, 15) is 0 Å². The van der Waals surface area contributed by atoms with Crippen LogP contribution in [0.2, 0.25) is 0 Å². The van der Waals surface area contributed by atoms with Crippen LogP contribution in [0, 0.1) is 29.1 Å². The van der Waals surface area contributed by atoms with E-state index in [4.69, 9.17) is 11.6 Å². The number of hydrogen-bond acceptors (Lipinski definition) is 3. The lowest BCUT2D eigenvalue weighted by molar-refractivity contribution is 0.0118. The lowest BCUT2D eigenvalue weighted by Crippen LogP contribution is -2.53. The van der Waals surface area contributed by atoms with E-state index in [2.05, 4.69) is 61.5 Å². The molecule has 2 aliphatic carbocycles. The number of nitrogens with zero attached hydrogens (tertiary/aromatic N) is 1. The molecule has 37 heavy (non-hydrogen) atoms. The predicted octanol–water partition coefficient (Wildman–Crippen LogP) is 4.64. The van der Waals surface area contributed by atoms with E-state index in [1.54, 1.807) is 5.57 Å². The van der Waals surface area contributed by atoms with Crippen molar-refractivity contribution in [2.24, 2.45) is 29.1 Å². The molecular weight excluding hydrogens is 486 g/mol. The molecule has 1 saturated heterocycles. The Hall–Kier alpha value is -0.890. The molecule has 0 amide bonds. The second-order valence-corrected chi connectivity index (χ2v) is 12.7. The van der Waals surface area contributed by atoms with Crippen LogP contribution in [0.1, 0.15) is 86.5 Å². The molecule has 4 atom stereocenters. The molecule has 3 unspecified atom stereocenters. The molecule has 0 saturated carbocycles. The maximum atomic E-state index is 6.26. The maximum Gasteiger partial charge on any atom is 0.0332 e. The minimum absolute atomic E-state index is 0. The van der Waals surface area contributed by atoms with Gasteiger partial charge in [0.15, 0.2) is 0 Å². The van der Waals surface area contributed by atoms with Gasteiger partial charge in [0, 0.05) is 36.4 Å². The number of hydrogen-bond donors (Lipinski definition) is 2. The van der Waals surface area contributed by atoms with Gasteiger partial charge < -0.3 is 32.0 Å². The Labute approximate surface area is 232 Å². The lowest BCUT2D eigenvalue weighted by Gasteiger charge is -2.49. The van der Waals surface area contributed by atoms with Crippen molar-refractivity contribution in [1.29, 1.82) is 0 Å². The van der Waals surface area contributed by atoms with Gasteiger partial charge in [-0.3, -0.25) is 0 Å². The third-order valence-electron chi connectivity index (χ3n) is 8.99. The van der Waals surface area contributed by atoms with E-state index in [-0.39, 0.29) is 23.9 Å². The molecular formula is C30H58ClN3O3. The van der Waals surface area contributed by atoms with Gasteiger partial charge in [-0.05, 0) is 105 Å². The zero-order valence-corrected chi connectivity index (χ0v) is 23.9. The standard InChI is InChI=1S/C29H48ClN3.CH4.3H2O/c1-21(2)28(31-16-7-8-23-18-32-27-10-6-5-9-25(23)27)19-33-17-15-26(29(3,4)20-33)22-11-13-24(30)14-12-22;;;;/h6,10,13,21-23,26,28,31-32H,5,7-9,11-12,14-20H2,1-4H3;1H4;3*1H2/t22?,23?,26?,28-;;;;/m0..../s1. The van der Waals surface area contributed by atoms with Crippen LogP contribution in [0.15, 0.2) is 34.5 Å². The Morgan fingerprint density at radius 2 is 1.92 bits per heavy atom. The number of nitrogens with one attached hydrogen (secondary N) is 2. The van der Waals surface area contributed by atoms with Crippen molar-refractivity contribution < 1.29 is 16.4 Å². The molecule has 0 bridgehead atoms. The minimum Gasteiger partial charge on any atom is -0.412 e. The smallest absolute Gasteiger partial charge is 0.0332 e. The third kappa shape index (κ3) is 9.36. The molecule has 4 rings (SSSR count). The van der Waals surface area contributed by atoms with Crippen molar-refractivity contribution in [2.45, 2.75) is 92.5 Å². The minimum atomic E-state index is 0. The van der Waals surface area contributed by atoms with Crippen LogP contribution < -0.4 is 10.6 Å². The SMILES string of the molecule is C.CC(C)[C@H](CN1CCC(C2CC=C(Cl)CC2)C(C)(C)C1)NCCCC1CNC2=C1CCC=C2.O.O.O. The Bertz CT molecular complexity index is 765. The Kier molecular flexibility index (Phi) is 15.9. The lowest BCUT2D eigenvalue weighted by atomic mass is 9.65. The summed E-state index contributed by atoms with van der Waals surface area (Å²) in [4.78, 5) is 2.76. The molecule has 0 aromatic rings.